The molecule has 162 valence electrons. The monoisotopic (exact) mass is 412 g/mol. The van der Waals surface area contributed by atoms with Gasteiger partial charge in [-0.3, -0.25) is 4.89 Å². The highest BCUT2D eigenvalue weighted by atomic mass is 17.2. The lowest BCUT2D eigenvalue weighted by Crippen LogP contribution is -2.62. The fraction of sp³-hybridized carbons (Fsp3) is 0.800. The van der Waals surface area contributed by atoms with Crippen molar-refractivity contribution in [2.75, 3.05) is 19.8 Å². The predicted molar refractivity (Wildman–Crippen MR) is 83.8 cm³/mol. The third-order valence-corrected chi connectivity index (χ3v) is 4.42. The molecule has 0 amide bonds. The van der Waals surface area contributed by atoms with Gasteiger partial charge in [0.25, 0.3) is 0 Å². The summed E-state index contributed by atoms with van der Waals surface area (Å²) in [5.74, 6) is -3.31. The summed E-state index contributed by atoms with van der Waals surface area (Å²) in [6.07, 6.45) is -12.5. The molecule has 0 radical (unpaired) electrons. The minimum absolute atomic E-state index is 0.732. The number of ether oxygens (including phenoxy) is 3. The molecule has 13 nitrogen and oxygen atoms in total. The van der Waals surface area contributed by atoms with Crippen molar-refractivity contribution in [1.29, 1.82) is 0 Å². The normalized spacial score (nSPS) is 43.7. The van der Waals surface area contributed by atoms with Gasteiger partial charge in [0.2, 0.25) is 5.79 Å². The lowest BCUT2D eigenvalue weighted by atomic mass is 9.99. The van der Waals surface area contributed by atoms with Crippen molar-refractivity contribution in [3.05, 3.63) is 12.7 Å². The Hall–Kier alpha value is -1.23. The molecule has 2 rings (SSSR count). The molecular formula is C15H24O13. The molecule has 0 spiro atoms. The van der Waals surface area contributed by atoms with Crippen LogP contribution in [0.25, 0.3) is 0 Å². The molecule has 28 heavy (non-hydrogen) atoms. The van der Waals surface area contributed by atoms with E-state index in [-0.39, 0.29) is 0 Å². The Balaban J connectivity index is 2.21. The van der Waals surface area contributed by atoms with E-state index in [9.17, 15) is 40.5 Å². The van der Waals surface area contributed by atoms with Crippen LogP contribution in [-0.4, -0.2) is 116 Å². The highest BCUT2D eigenvalue weighted by Crippen LogP contribution is 2.36. The molecule has 0 aromatic heterocycles. The third-order valence-electron chi connectivity index (χ3n) is 4.42. The molecule has 0 aromatic rings. The lowest BCUT2D eigenvalue weighted by Gasteiger charge is -2.43. The summed E-state index contributed by atoms with van der Waals surface area (Å²) >= 11 is 0. The van der Waals surface area contributed by atoms with Crippen LogP contribution in [0.5, 0.6) is 0 Å². The van der Waals surface area contributed by atoms with E-state index in [1.807, 2.05) is 0 Å². The van der Waals surface area contributed by atoms with E-state index >= 15 is 0 Å². The predicted octanol–water partition coefficient (Wildman–Crippen LogP) is -4.73. The van der Waals surface area contributed by atoms with Crippen molar-refractivity contribution in [2.24, 2.45) is 0 Å². The molecule has 0 saturated carbocycles. The largest absolute Gasteiger partial charge is 0.394 e. The Bertz CT molecular complexity index is 542. The van der Waals surface area contributed by atoms with Crippen LogP contribution in [-0.2, 0) is 28.8 Å². The van der Waals surface area contributed by atoms with Crippen molar-refractivity contribution in [3.63, 3.8) is 0 Å². The van der Waals surface area contributed by atoms with Gasteiger partial charge in [0.05, 0.1) is 13.2 Å². The van der Waals surface area contributed by atoms with Crippen LogP contribution in [0.3, 0.4) is 0 Å². The van der Waals surface area contributed by atoms with E-state index in [0.717, 1.165) is 6.08 Å². The van der Waals surface area contributed by atoms with Gasteiger partial charge in [-0.25, -0.2) is 4.79 Å². The van der Waals surface area contributed by atoms with Gasteiger partial charge in [-0.2, -0.15) is 4.89 Å². The van der Waals surface area contributed by atoms with Crippen LogP contribution < -0.4 is 0 Å². The lowest BCUT2D eigenvalue weighted by molar-refractivity contribution is -0.406. The Morgan fingerprint density at radius 1 is 1.00 bits per heavy atom. The highest BCUT2D eigenvalue weighted by Gasteiger charge is 2.59. The molecule has 0 aromatic carbocycles. The zero-order chi connectivity index (χ0) is 21.1. The van der Waals surface area contributed by atoms with E-state index in [1.54, 1.807) is 0 Å². The van der Waals surface area contributed by atoms with Gasteiger partial charge < -0.3 is 50.0 Å². The average molecular weight is 412 g/mol. The van der Waals surface area contributed by atoms with Gasteiger partial charge >= 0.3 is 5.97 Å². The molecular weight excluding hydrogens is 388 g/mol. The van der Waals surface area contributed by atoms with Crippen molar-refractivity contribution >= 4 is 5.97 Å². The van der Waals surface area contributed by atoms with Crippen LogP contribution in [0.1, 0.15) is 0 Å². The summed E-state index contributed by atoms with van der Waals surface area (Å²) in [7, 11) is 0. The smallest absolute Gasteiger partial charge is 0.365 e. The summed E-state index contributed by atoms with van der Waals surface area (Å²) < 4.78 is 15.9. The fourth-order valence-electron chi connectivity index (χ4n) is 2.82. The summed E-state index contributed by atoms with van der Waals surface area (Å²) in [5.41, 5.74) is 0. The molecule has 9 atom stereocenters. The zero-order valence-electron chi connectivity index (χ0n) is 14.6. The van der Waals surface area contributed by atoms with E-state index in [2.05, 4.69) is 16.4 Å². The van der Waals surface area contributed by atoms with Gasteiger partial charge in [0.15, 0.2) is 12.9 Å². The molecule has 13 heteroatoms. The summed E-state index contributed by atoms with van der Waals surface area (Å²) in [6.45, 7) is 0.828. The molecule has 2 heterocycles. The second-order valence-electron chi connectivity index (χ2n) is 6.27. The van der Waals surface area contributed by atoms with Crippen LogP contribution in [0.4, 0.5) is 0 Å². The van der Waals surface area contributed by atoms with Crippen molar-refractivity contribution in [2.45, 2.75) is 54.8 Å². The molecule has 2 saturated heterocycles. The van der Waals surface area contributed by atoms with E-state index in [1.165, 1.54) is 0 Å². The minimum Gasteiger partial charge on any atom is -0.394 e. The Labute approximate surface area is 158 Å². The molecule has 2 aliphatic rings. The summed E-state index contributed by atoms with van der Waals surface area (Å²) in [4.78, 5) is 20.1. The van der Waals surface area contributed by atoms with Gasteiger partial charge in [0, 0.05) is 6.08 Å². The summed E-state index contributed by atoms with van der Waals surface area (Å²) in [5, 5.41) is 68.6. The Morgan fingerprint density at radius 2 is 1.64 bits per heavy atom. The van der Waals surface area contributed by atoms with Crippen molar-refractivity contribution in [3.8, 4) is 0 Å². The number of aliphatic hydroxyl groups is 7. The van der Waals surface area contributed by atoms with Crippen LogP contribution >= 0.6 is 0 Å². The number of carbonyl (C=O) groups excluding carboxylic acids is 1. The molecule has 0 aliphatic carbocycles. The number of hydrogen-bond donors (Lipinski definition) is 7. The van der Waals surface area contributed by atoms with Gasteiger partial charge in [0.1, 0.15) is 42.7 Å². The number of rotatable bonds is 8. The standard InChI is InChI=1S/C15H24O13/c1-2-8(18)28-24-5-15(13(23)10(20)7(4-17)26-15)27-14-12(22)11(21)9(19)6(3-16)25-14/h2,6-7,9-14,16-17,19-23H,1,3-5H2/t6-,7-,9-,10-,11+,12-,13+,14-,15+/m1/s1. The summed E-state index contributed by atoms with van der Waals surface area (Å²) in [6, 6.07) is 0. The number of hydrogen-bond acceptors (Lipinski definition) is 13. The Kier molecular flexibility index (Phi) is 7.83. The first-order valence-corrected chi connectivity index (χ1v) is 8.29. The molecule has 2 aliphatic heterocycles. The Morgan fingerprint density at radius 3 is 2.18 bits per heavy atom. The van der Waals surface area contributed by atoms with Crippen molar-refractivity contribution in [1.82, 2.24) is 0 Å². The number of aliphatic hydroxyl groups excluding tert-OH is 7. The molecule has 0 bridgehead atoms. The van der Waals surface area contributed by atoms with Gasteiger partial charge in [-0.1, -0.05) is 6.58 Å². The molecule has 2 fully saturated rings. The maximum atomic E-state index is 11.1. The average Bonchev–Trinajstić information content (AvgIpc) is 2.93. The minimum atomic E-state index is -2.32. The topological polar surface area (TPSA) is 205 Å². The highest BCUT2D eigenvalue weighted by molar-refractivity contribution is 5.80. The van der Waals surface area contributed by atoms with Crippen LogP contribution in [0.2, 0.25) is 0 Å². The maximum absolute atomic E-state index is 11.1. The second-order valence-corrected chi connectivity index (χ2v) is 6.27. The van der Waals surface area contributed by atoms with E-state index < -0.39 is 80.6 Å². The second kappa shape index (κ2) is 9.51. The van der Waals surface area contributed by atoms with Crippen LogP contribution in [0, 0.1) is 0 Å². The van der Waals surface area contributed by atoms with Gasteiger partial charge in [-0.05, 0) is 0 Å². The first-order valence-electron chi connectivity index (χ1n) is 8.29. The van der Waals surface area contributed by atoms with Gasteiger partial charge in [-0.15, -0.1) is 0 Å². The third kappa shape index (κ3) is 4.50. The fourth-order valence-corrected chi connectivity index (χ4v) is 2.82. The molecule has 7 N–H and O–H groups in total. The van der Waals surface area contributed by atoms with Crippen LogP contribution in [0.15, 0.2) is 12.7 Å². The number of carbonyl (C=O) groups is 1. The SMILES string of the molecule is C=CC(=O)OOC[C@@]1(O[C@H]2O[C@H](CO)[C@@H](O)[C@H](O)[C@H]2O)O[C@H](CO)[C@@H](O)[C@@H]1O. The van der Waals surface area contributed by atoms with E-state index in [0.29, 0.717) is 0 Å². The van der Waals surface area contributed by atoms with E-state index in [4.69, 9.17) is 14.2 Å². The first-order chi connectivity index (χ1) is 13.2. The quantitative estimate of drug-likeness (QED) is 0.114. The molecule has 0 unspecified atom stereocenters. The maximum Gasteiger partial charge on any atom is 0.365 e. The zero-order valence-corrected chi connectivity index (χ0v) is 14.6. The van der Waals surface area contributed by atoms with Crippen molar-refractivity contribution < 1.29 is 64.5 Å². The first kappa shape index (κ1) is 23.1.